The topological polar surface area (TPSA) is 15.6 Å². The minimum atomic E-state index is 0.746. The van der Waals surface area contributed by atoms with Crippen LogP contribution in [0.25, 0.3) is 15.8 Å². The number of hydrogen-bond acceptors (Lipinski definition) is 4. The third kappa shape index (κ3) is 1.89. The molecule has 3 aliphatic rings. The summed E-state index contributed by atoms with van der Waals surface area (Å²) < 4.78 is 1.27. The van der Waals surface area contributed by atoms with Gasteiger partial charge in [-0.3, -0.25) is 4.99 Å². The van der Waals surface area contributed by atoms with Crippen molar-refractivity contribution >= 4 is 55.7 Å². The fourth-order valence-electron chi connectivity index (χ4n) is 3.09. The number of hydrogen-bond donors (Lipinski definition) is 0. The molecule has 2 nitrogen and oxygen atoms in total. The molecule has 3 heterocycles. The van der Waals surface area contributed by atoms with Crippen molar-refractivity contribution in [2.24, 2.45) is 10.9 Å². The van der Waals surface area contributed by atoms with Crippen molar-refractivity contribution in [1.29, 1.82) is 0 Å². The van der Waals surface area contributed by atoms with Crippen molar-refractivity contribution in [2.45, 2.75) is 12.8 Å². The molecule has 0 saturated heterocycles. The lowest BCUT2D eigenvalue weighted by atomic mass is 10.1. The Labute approximate surface area is 136 Å². The van der Waals surface area contributed by atoms with E-state index in [1.54, 1.807) is 11.3 Å². The maximum absolute atomic E-state index is 6.50. The van der Waals surface area contributed by atoms with Crippen LogP contribution in [0, 0.1) is 5.92 Å². The van der Waals surface area contributed by atoms with Gasteiger partial charge in [0.15, 0.2) is 5.17 Å². The average Bonchev–Trinajstić information content (AvgIpc) is 2.89. The van der Waals surface area contributed by atoms with Crippen molar-refractivity contribution in [3.05, 3.63) is 39.1 Å². The van der Waals surface area contributed by atoms with Crippen molar-refractivity contribution < 1.29 is 0 Å². The molecule has 0 N–H and O–H groups in total. The number of allylic oxidation sites excluding steroid dienone is 1. The van der Waals surface area contributed by atoms with Gasteiger partial charge in [-0.25, -0.2) is 0 Å². The van der Waals surface area contributed by atoms with Crippen molar-refractivity contribution in [3.63, 3.8) is 0 Å². The van der Waals surface area contributed by atoms with Gasteiger partial charge in [-0.15, -0.1) is 11.3 Å². The highest BCUT2D eigenvalue weighted by atomic mass is 35.5. The first-order chi connectivity index (χ1) is 10.3. The Balaban J connectivity index is 1.72. The highest BCUT2D eigenvalue weighted by Crippen LogP contribution is 2.53. The summed E-state index contributed by atoms with van der Waals surface area (Å²) in [4.78, 5) is 8.55. The Morgan fingerprint density at radius 2 is 2.19 bits per heavy atom. The molecule has 5 heteroatoms. The van der Waals surface area contributed by atoms with E-state index in [4.69, 9.17) is 11.6 Å². The maximum atomic E-state index is 6.50. The number of amidine groups is 1. The minimum Gasteiger partial charge on any atom is -0.318 e. The number of benzene rings is 1. The summed E-state index contributed by atoms with van der Waals surface area (Å²) in [7, 11) is 0. The van der Waals surface area contributed by atoms with Crippen LogP contribution >= 0.6 is 34.7 Å². The molecule has 21 heavy (non-hydrogen) atoms. The Bertz CT molecular complexity index is 817. The van der Waals surface area contributed by atoms with E-state index in [0.29, 0.717) is 0 Å². The van der Waals surface area contributed by atoms with Gasteiger partial charge in [-0.05, 0) is 42.3 Å². The summed E-state index contributed by atoms with van der Waals surface area (Å²) in [6.07, 6.45) is 2.64. The number of rotatable bonds is 2. The normalized spacial score (nSPS) is 21.4. The van der Waals surface area contributed by atoms with E-state index in [9.17, 15) is 0 Å². The average molecular weight is 333 g/mol. The molecule has 1 saturated carbocycles. The highest BCUT2D eigenvalue weighted by Gasteiger charge is 2.40. The van der Waals surface area contributed by atoms with Gasteiger partial charge in [0.05, 0.1) is 12.2 Å². The van der Waals surface area contributed by atoms with E-state index in [1.165, 1.54) is 44.3 Å². The number of aliphatic imine (C=N–C) groups is 1. The second-order valence-electron chi connectivity index (χ2n) is 5.70. The van der Waals surface area contributed by atoms with Crippen LogP contribution in [-0.2, 0) is 0 Å². The number of halogens is 1. The molecule has 106 valence electrons. The van der Waals surface area contributed by atoms with E-state index < -0.39 is 0 Å². The fraction of sp³-hybridized carbons (Fsp3) is 0.312. The molecule has 0 radical (unpaired) electrons. The summed E-state index contributed by atoms with van der Waals surface area (Å²) in [5, 5.41) is 5.33. The number of fused-ring (bicyclic) bond motifs is 2. The van der Waals surface area contributed by atoms with Gasteiger partial charge in [0.1, 0.15) is 0 Å². The zero-order chi connectivity index (χ0) is 14.0. The van der Waals surface area contributed by atoms with E-state index >= 15 is 0 Å². The predicted octanol–water partition coefficient (Wildman–Crippen LogP) is 5.05. The van der Waals surface area contributed by atoms with E-state index in [0.717, 1.165) is 24.0 Å². The lowest BCUT2D eigenvalue weighted by Gasteiger charge is -2.18. The summed E-state index contributed by atoms with van der Waals surface area (Å²) in [6, 6.07) is 6.54. The van der Waals surface area contributed by atoms with Gasteiger partial charge in [-0.1, -0.05) is 23.4 Å². The van der Waals surface area contributed by atoms with Crippen LogP contribution in [0.3, 0.4) is 0 Å². The Hall–Kier alpha value is -0.970. The number of nitrogens with zero attached hydrogens (tertiary/aromatic N) is 2. The number of thiophene rings is 1. The third-order valence-corrected chi connectivity index (χ3v) is 6.70. The van der Waals surface area contributed by atoms with Gasteiger partial charge in [0, 0.05) is 32.1 Å². The predicted molar refractivity (Wildman–Crippen MR) is 93.1 cm³/mol. The van der Waals surface area contributed by atoms with Crippen LogP contribution in [0.2, 0.25) is 5.02 Å². The Kier molecular flexibility index (Phi) is 2.70. The molecule has 0 spiro atoms. The molecular weight excluding hydrogens is 320 g/mol. The molecule has 0 unspecified atom stereocenters. The van der Waals surface area contributed by atoms with Crippen LogP contribution in [0.5, 0.6) is 0 Å². The minimum absolute atomic E-state index is 0.746. The quantitative estimate of drug-likeness (QED) is 0.764. The monoisotopic (exact) mass is 332 g/mol. The molecule has 2 aliphatic heterocycles. The van der Waals surface area contributed by atoms with Gasteiger partial charge < -0.3 is 4.90 Å². The maximum Gasteiger partial charge on any atom is 0.168 e. The molecule has 0 atom stereocenters. The first-order valence-corrected chi connectivity index (χ1v) is 9.30. The van der Waals surface area contributed by atoms with Gasteiger partial charge in [-0.2, -0.15) is 0 Å². The molecule has 1 aromatic carbocycles. The second-order valence-corrected chi connectivity index (χ2v) is 8.06. The molecule has 1 fully saturated rings. The SMILES string of the molecule is Clc1cc(C2=C(C3CC3)SC3=NCCN32)cc2sccc12. The van der Waals surface area contributed by atoms with E-state index in [-0.39, 0.29) is 0 Å². The molecule has 2 aromatic rings. The van der Waals surface area contributed by atoms with Crippen LogP contribution in [0.1, 0.15) is 18.4 Å². The van der Waals surface area contributed by atoms with Gasteiger partial charge >= 0.3 is 0 Å². The zero-order valence-electron chi connectivity index (χ0n) is 11.3. The smallest absolute Gasteiger partial charge is 0.168 e. The van der Waals surface area contributed by atoms with Crippen molar-refractivity contribution in [2.75, 3.05) is 13.1 Å². The first-order valence-electron chi connectivity index (χ1n) is 7.22. The lowest BCUT2D eigenvalue weighted by molar-refractivity contribution is 0.645. The lowest BCUT2D eigenvalue weighted by Crippen LogP contribution is -2.20. The third-order valence-electron chi connectivity index (χ3n) is 4.25. The van der Waals surface area contributed by atoms with Gasteiger partial charge in [0.25, 0.3) is 0 Å². The summed E-state index contributed by atoms with van der Waals surface area (Å²) >= 11 is 10.1. The van der Waals surface area contributed by atoms with Gasteiger partial charge in [0.2, 0.25) is 0 Å². The molecule has 0 bridgehead atoms. The van der Waals surface area contributed by atoms with Crippen LogP contribution in [0.4, 0.5) is 0 Å². The molecule has 1 aliphatic carbocycles. The van der Waals surface area contributed by atoms with E-state index in [1.807, 2.05) is 11.8 Å². The summed E-state index contributed by atoms with van der Waals surface area (Å²) in [6.45, 7) is 1.92. The van der Waals surface area contributed by atoms with Crippen LogP contribution in [0.15, 0.2) is 33.5 Å². The second kappa shape index (κ2) is 4.51. The Morgan fingerprint density at radius 1 is 1.29 bits per heavy atom. The molecule has 5 rings (SSSR count). The fourth-order valence-corrected chi connectivity index (χ4v) is 5.65. The molecule has 0 amide bonds. The standard InChI is InChI=1S/C16H13ClN2S2/c17-12-7-10(8-13-11(12)3-6-20-13)14-15(9-1-2-9)21-16-18-4-5-19(14)16/h3,6-9H,1-2,4-5H2. The Morgan fingerprint density at radius 3 is 3.05 bits per heavy atom. The number of thioether (sulfide) groups is 1. The summed E-state index contributed by atoms with van der Waals surface area (Å²) in [5.74, 6) is 0.746. The molecule has 1 aromatic heterocycles. The molecular formula is C16H13ClN2S2. The zero-order valence-corrected chi connectivity index (χ0v) is 13.7. The highest BCUT2D eigenvalue weighted by molar-refractivity contribution is 8.17. The first kappa shape index (κ1) is 12.6. The van der Waals surface area contributed by atoms with Crippen molar-refractivity contribution in [1.82, 2.24) is 4.90 Å². The van der Waals surface area contributed by atoms with Crippen LogP contribution in [-0.4, -0.2) is 23.2 Å². The van der Waals surface area contributed by atoms with Crippen LogP contribution < -0.4 is 0 Å². The summed E-state index contributed by atoms with van der Waals surface area (Å²) in [5.41, 5.74) is 2.63. The largest absolute Gasteiger partial charge is 0.318 e. The van der Waals surface area contributed by atoms with E-state index in [2.05, 4.69) is 33.5 Å². The van der Waals surface area contributed by atoms with Crippen molar-refractivity contribution in [3.8, 4) is 0 Å².